The van der Waals surface area contributed by atoms with Crippen molar-refractivity contribution in [2.75, 3.05) is 5.32 Å². The van der Waals surface area contributed by atoms with E-state index in [0.717, 1.165) is 12.0 Å². The minimum absolute atomic E-state index is 0.732. The normalized spacial score (nSPS) is 9.82. The number of benzene rings is 1. The first-order chi connectivity index (χ1) is 5.43. The smallest absolute Gasteiger partial charge is 0.144 e. The third-order valence-corrected chi connectivity index (χ3v) is 1.20. The van der Waals surface area contributed by atoms with Crippen LogP contribution in [0.3, 0.4) is 0 Å². The highest BCUT2D eigenvalue weighted by atomic mass is 16.1. The number of hydrogen-bond donors (Lipinski definition) is 1. The molecular formula is C9H9NO. The summed E-state index contributed by atoms with van der Waals surface area (Å²) in [5, 5.41) is 2.93. The van der Waals surface area contributed by atoms with Crippen LogP contribution >= 0.6 is 0 Å². The first kappa shape index (κ1) is 7.54. The van der Waals surface area contributed by atoms with Crippen LogP contribution < -0.4 is 5.32 Å². The zero-order chi connectivity index (χ0) is 7.94. The summed E-state index contributed by atoms with van der Waals surface area (Å²) in [4.78, 5) is 9.87. The zero-order valence-corrected chi connectivity index (χ0v) is 6.03. The molecule has 0 bridgehead atoms. The molecule has 0 saturated heterocycles. The van der Waals surface area contributed by atoms with E-state index in [9.17, 15) is 4.79 Å². The van der Waals surface area contributed by atoms with Gasteiger partial charge in [-0.25, -0.2) is 0 Å². The van der Waals surface area contributed by atoms with Crippen molar-refractivity contribution in [3.8, 4) is 0 Å². The molecule has 2 heteroatoms. The van der Waals surface area contributed by atoms with Gasteiger partial charge in [0.2, 0.25) is 0 Å². The molecule has 0 spiro atoms. The van der Waals surface area contributed by atoms with Crippen LogP contribution in [-0.4, -0.2) is 6.29 Å². The SMILES string of the molecule is O=CC=CNc1ccccc1. The summed E-state index contributed by atoms with van der Waals surface area (Å²) in [6.07, 6.45) is 3.74. The van der Waals surface area contributed by atoms with Gasteiger partial charge >= 0.3 is 0 Å². The number of carbonyl (C=O) groups is 1. The molecule has 1 aromatic carbocycles. The third kappa shape index (κ3) is 2.67. The molecule has 1 aromatic rings. The van der Waals surface area contributed by atoms with Crippen molar-refractivity contribution < 1.29 is 4.79 Å². The third-order valence-electron chi connectivity index (χ3n) is 1.20. The molecule has 0 amide bonds. The topological polar surface area (TPSA) is 29.1 Å². The van der Waals surface area contributed by atoms with Gasteiger partial charge in [-0.15, -0.1) is 0 Å². The minimum Gasteiger partial charge on any atom is -0.362 e. The lowest BCUT2D eigenvalue weighted by atomic mass is 10.3. The van der Waals surface area contributed by atoms with E-state index in [1.54, 1.807) is 6.20 Å². The number of anilines is 1. The van der Waals surface area contributed by atoms with Gasteiger partial charge < -0.3 is 5.32 Å². The van der Waals surface area contributed by atoms with E-state index in [1.165, 1.54) is 6.08 Å². The fourth-order valence-corrected chi connectivity index (χ4v) is 0.718. The first-order valence-electron chi connectivity index (χ1n) is 3.35. The molecule has 0 aliphatic rings. The molecule has 0 aliphatic heterocycles. The number of carbonyl (C=O) groups excluding carboxylic acids is 1. The van der Waals surface area contributed by atoms with Gasteiger partial charge in [0.15, 0.2) is 0 Å². The molecule has 11 heavy (non-hydrogen) atoms. The van der Waals surface area contributed by atoms with Gasteiger partial charge in [-0.05, 0) is 18.2 Å². The molecule has 56 valence electrons. The van der Waals surface area contributed by atoms with E-state index in [2.05, 4.69) is 5.32 Å². The van der Waals surface area contributed by atoms with Crippen LogP contribution in [0.15, 0.2) is 42.6 Å². The molecule has 0 aromatic heterocycles. The quantitative estimate of drug-likeness (QED) is 0.522. The maximum absolute atomic E-state index is 9.87. The van der Waals surface area contributed by atoms with E-state index in [4.69, 9.17) is 0 Å². The molecule has 0 radical (unpaired) electrons. The summed E-state index contributed by atoms with van der Waals surface area (Å²) in [7, 11) is 0. The Bertz CT molecular complexity index is 241. The molecular weight excluding hydrogens is 138 g/mol. The number of para-hydroxylation sites is 1. The van der Waals surface area contributed by atoms with Gasteiger partial charge in [0, 0.05) is 11.9 Å². The number of nitrogens with one attached hydrogen (secondary N) is 1. The second-order valence-electron chi connectivity index (χ2n) is 2.01. The molecule has 0 unspecified atom stereocenters. The second kappa shape index (κ2) is 4.28. The second-order valence-corrected chi connectivity index (χ2v) is 2.01. The largest absolute Gasteiger partial charge is 0.362 e. The lowest BCUT2D eigenvalue weighted by Gasteiger charge is -1.96. The lowest BCUT2D eigenvalue weighted by molar-refractivity contribution is -0.104. The summed E-state index contributed by atoms with van der Waals surface area (Å²) < 4.78 is 0. The summed E-state index contributed by atoms with van der Waals surface area (Å²) in [6, 6.07) is 9.65. The van der Waals surface area contributed by atoms with E-state index in [0.29, 0.717) is 0 Å². The average molecular weight is 147 g/mol. The predicted octanol–water partition coefficient (Wildman–Crippen LogP) is 1.81. The Labute approximate surface area is 65.5 Å². The van der Waals surface area contributed by atoms with Crippen molar-refractivity contribution >= 4 is 12.0 Å². The Morgan fingerprint density at radius 3 is 2.55 bits per heavy atom. The number of hydrogen-bond acceptors (Lipinski definition) is 2. The number of aldehydes is 1. The van der Waals surface area contributed by atoms with Crippen LogP contribution in [0.5, 0.6) is 0 Å². The first-order valence-corrected chi connectivity index (χ1v) is 3.35. The molecule has 0 aliphatic carbocycles. The standard InChI is InChI=1S/C9H9NO/c11-8-4-7-10-9-5-2-1-3-6-9/h1-8,10H. The summed E-state index contributed by atoms with van der Waals surface area (Å²) >= 11 is 0. The summed E-state index contributed by atoms with van der Waals surface area (Å²) in [6.45, 7) is 0. The fraction of sp³-hybridized carbons (Fsp3) is 0. The van der Waals surface area contributed by atoms with Gasteiger partial charge in [-0.3, -0.25) is 4.79 Å². The monoisotopic (exact) mass is 147 g/mol. The Kier molecular flexibility index (Phi) is 2.93. The van der Waals surface area contributed by atoms with E-state index in [-0.39, 0.29) is 0 Å². The minimum atomic E-state index is 0.732. The highest BCUT2D eigenvalue weighted by Gasteiger charge is 1.81. The van der Waals surface area contributed by atoms with Gasteiger partial charge in [-0.2, -0.15) is 0 Å². The maximum atomic E-state index is 9.87. The summed E-state index contributed by atoms with van der Waals surface area (Å²) in [5.74, 6) is 0. The van der Waals surface area contributed by atoms with Crippen LogP contribution in [0.4, 0.5) is 5.69 Å². The number of rotatable bonds is 3. The average Bonchev–Trinajstić information content (AvgIpc) is 2.07. The van der Waals surface area contributed by atoms with Crippen molar-refractivity contribution in [3.63, 3.8) is 0 Å². The van der Waals surface area contributed by atoms with Gasteiger partial charge in [0.1, 0.15) is 6.29 Å². The van der Waals surface area contributed by atoms with Crippen LogP contribution in [0.25, 0.3) is 0 Å². The van der Waals surface area contributed by atoms with Crippen LogP contribution in [0.2, 0.25) is 0 Å². The van der Waals surface area contributed by atoms with Gasteiger partial charge in [0.05, 0.1) is 0 Å². The van der Waals surface area contributed by atoms with Crippen molar-refractivity contribution in [2.24, 2.45) is 0 Å². The van der Waals surface area contributed by atoms with Gasteiger partial charge in [-0.1, -0.05) is 18.2 Å². The van der Waals surface area contributed by atoms with Crippen molar-refractivity contribution in [1.82, 2.24) is 0 Å². The van der Waals surface area contributed by atoms with Crippen molar-refractivity contribution in [2.45, 2.75) is 0 Å². The fourth-order valence-electron chi connectivity index (χ4n) is 0.718. The molecule has 0 atom stereocenters. The molecule has 0 heterocycles. The molecule has 1 N–H and O–H groups in total. The Morgan fingerprint density at radius 2 is 1.91 bits per heavy atom. The highest BCUT2D eigenvalue weighted by Crippen LogP contribution is 2.03. The van der Waals surface area contributed by atoms with Crippen LogP contribution in [0.1, 0.15) is 0 Å². The Morgan fingerprint density at radius 1 is 1.18 bits per heavy atom. The molecule has 0 saturated carbocycles. The van der Waals surface area contributed by atoms with Gasteiger partial charge in [0.25, 0.3) is 0 Å². The Balaban J connectivity index is 2.51. The molecule has 0 fully saturated rings. The highest BCUT2D eigenvalue weighted by molar-refractivity contribution is 5.65. The molecule has 2 nitrogen and oxygen atoms in total. The van der Waals surface area contributed by atoms with Crippen molar-refractivity contribution in [3.05, 3.63) is 42.6 Å². The summed E-state index contributed by atoms with van der Waals surface area (Å²) in [5.41, 5.74) is 0.977. The van der Waals surface area contributed by atoms with Crippen molar-refractivity contribution in [1.29, 1.82) is 0 Å². The zero-order valence-electron chi connectivity index (χ0n) is 6.03. The van der Waals surface area contributed by atoms with Crippen LogP contribution in [0, 0.1) is 0 Å². The predicted molar refractivity (Wildman–Crippen MR) is 45.3 cm³/mol. The maximum Gasteiger partial charge on any atom is 0.144 e. The van der Waals surface area contributed by atoms with E-state index in [1.807, 2.05) is 30.3 Å². The Hall–Kier alpha value is -1.57. The van der Waals surface area contributed by atoms with Crippen LogP contribution in [-0.2, 0) is 4.79 Å². The number of allylic oxidation sites excluding steroid dienone is 1. The van der Waals surface area contributed by atoms with E-state index < -0.39 is 0 Å². The lowest BCUT2D eigenvalue weighted by Crippen LogP contribution is -1.85. The van der Waals surface area contributed by atoms with E-state index >= 15 is 0 Å². The molecule has 1 rings (SSSR count).